The summed E-state index contributed by atoms with van der Waals surface area (Å²) in [5.41, 5.74) is 1.09. The van der Waals surface area contributed by atoms with Crippen molar-refractivity contribution in [1.29, 1.82) is 0 Å². The van der Waals surface area contributed by atoms with E-state index in [-0.39, 0.29) is 0 Å². The van der Waals surface area contributed by atoms with Crippen LogP contribution in [0.4, 0.5) is 0 Å². The summed E-state index contributed by atoms with van der Waals surface area (Å²) in [6.45, 7) is 0. The first kappa shape index (κ1) is 8.24. The molecule has 0 unspecified atom stereocenters. The van der Waals surface area contributed by atoms with Gasteiger partial charge in [0, 0.05) is 11.6 Å². The Hall–Kier alpha value is -2.09. The van der Waals surface area contributed by atoms with E-state index in [9.17, 15) is 0 Å². The van der Waals surface area contributed by atoms with Gasteiger partial charge >= 0.3 is 0 Å². The van der Waals surface area contributed by atoms with Gasteiger partial charge in [-0.3, -0.25) is 0 Å². The number of rotatable bonds is 1. The van der Waals surface area contributed by atoms with Crippen molar-refractivity contribution >= 4 is 10.8 Å². The molecule has 0 aliphatic rings. The second kappa shape index (κ2) is 3.24. The van der Waals surface area contributed by atoms with E-state index in [0.29, 0.717) is 0 Å². The molecule has 3 rings (SSSR count). The molecule has 0 amide bonds. The molecular formula is C13H9NO. The average molecular weight is 195 g/mol. The molecule has 2 heteroatoms. The first-order chi connectivity index (χ1) is 7.45. The Morgan fingerprint density at radius 3 is 2.60 bits per heavy atom. The van der Waals surface area contributed by atoms with Gasteiger partial charge < -0.3 is 4.52 Å². The molecule has 0 spiro atoms. The summed E-state index contributed by atoms with van der Waals surface area (Å²) in [7, 11) is 0. The third-order valence-corrected chi connectivity index (χ3v) is 2.49. The van der Waals surface area contributed by atoms with Crippen molar-refractivity contribution < 1.29 is 4.52 Å². The van der Waals surface area contributed by atoms with Crippen LogP contribution in [0.2, 0.25) is 0 Å². The predicted octanol–water partition coefficient (Wildman–Crippen LogP) is 3.49. The van der Waals surface area contributed by atoms with Crippen molar-refractivity contribution in [3.8, 4) is 11.3 Å². The van der Waals surface area contributed by atoms with Gasteiger partial charge in [0.1, 0.15) is 0 Å². The Labute approximate surface area is 87.1 Å². The topological polar surface area (TPSA) is 26.0 Å². The van der Waals surface area contributed by atoms with Crippen LogP contribution in [0.3, 0.4) is 0 Å². The monoisotopic (exact) mass is 195 g/mol. The lowest BCUT2D eigenvalue weighted by Gasteiger charge is -2.01. The standard InChI is InChI=1S/C13H9NO/c1-2-6-11-10(4-1)5-3-7-12(11)13-8-9-14-15-13/h1-9H. The smallest absolute Gasteiger partial charge is 0.167 e. The Morgan fingerprint density at radius 1 is 0.867 bits per heavy atom. The third kappa shape index (κ3) is 1.31. The lowest BCUT2D eigenvalue weighted by atomic mass is 10.0. The van der Waals surface area contributed by atoms with Gasteiger partial charge in [-0.25, -0.2) is 0 Å². The fourth-order valence-corrected chi connectivity index (χ4v) is 1.79. The minimum absolute atomic E-state index is 0.812. The van der Waals surface area contributed by atoms with E-state index in [2.05, 4.69) is 23.4 Å². The molecule has 3 aromatic rings. The van der Waals surface area contributed by atoms with Crippen LogP contribution in [0, 0.1) is 0 Å². The maximum absolute atomic E-state index is 5.18. The number of nitrogens with zero attached hydrogens (tertiary/aromatic N) is 1. The molecule has 2 nitrogen and oxygen atoms in total. The van der Waals surface area contributed by atoms with Crippen LogP contribution in [-0.4, -0.2) is 5.16 Å². The zero-order valence-electron chi connectivity index (χ0n) is 8.05. The largest absolute Gasteiger partial charge is 0.356 e. The Morgan fingerprint density at radius 2 is 1.73 bits per heavy atom. The van der Waals surface area contributed by atoms with Gasteiger partial charge in [0.25, 0.3) is 0 Å². The molecule has 0 aliphatic carbocycles. The molecule has 72 valence electrons. The van der Waals surface area contributed by atoms with Crippen LogP contribution in [0.15, 0.2) is 59.3 Å². The van der Waals surface area contributed by atoms with Gasteiger partial charge in [0.15, 0.2) is 5.76 Å². The van der Waals surface area contributed by atoms with Crippen molar-refractivity contribution in [3.63, 3.8) is 0 Å². The summed E-state index contributed by atoms with van der Waals surface area (Å²) in [6, 6.07) is 16.3. The Kier molecular flexibility index (Phi) is 1.78. The average Bonchev–Trinajstić information content (AvgIpc) is 2.82. The zero-order chi connectivity index (χ0) is 10.1. The molecule has 0 saturated carbocycles. The summed E-state index contributed by atoms with van der Waals surface area (Å²) in [5, 5.41) is 6.14. The lowest BCUT2D eigenvalue weighted by Crippen LogP contribution is -1.77. The highest BCUT2D eigenvalue weighted by Crippen LogP contribution is 2.27. The molecule has 1 heterocycles. The van der Waals surface area contributed by atoms with E-state index in [1.807, 2.05) is 30.3 Å². The normalized spacial score (nSPS) is 10.7. The summed E-state index contributed by atoms with van der Waals surface area (Å²) < 4.78 is 5.18. The minimum atomic E-state index is 0.812. The number of benzene rings is 2. The van der Waals surface area contributed by atoms with E-state index >= 15 is 0 Å². The van der Waals surface area contributed by atoms with E-state index in [1.165, 1.54) is 10.8 Å². The molecule has 15 heavy (non-hydrogen) atoms. The van der Waals surface area contributed by atoms with Crippen LogP contribution < -0.4 is 0 Å². The summed E-state index contributed by atoms with van der Waals surface area (Å²) in [6.07, 6.45) is 1.66. The highest BCUT2D eigenvalue weighted by atomic mass is 16.5. The fourth-order valence-electron chi connectivity index (χ4n) is 1.79. The minimum Gasteiger partial charge on any atom is -0.356 e. The Bertz CT molecular complexity index is 579. The summed E-state index contributed by atoms with van der Waals surface area (Å²) >= 11 is 0. The second-order valence-corrected chi connectivity index (χ2v) is 3.40. The lowest BCUT2D eigenvalue weighted by molar-refractivity contribution is 0.432. The quantitative estimate of drug-likeness (QED) is 0.594. The maximum Gasteiger partial charge on any atom is 0.167 e. The highest BCUT2D eigenvalue weighted by molar-refractivity contribution is 5.95. The van der Waals surface area contributed by atoms with Crippen LogP contribution in [0.5, 0.6) is 0 Å². The first-order valence-corrected chi connectivity index (χ1v) is 4.84. The first-order valence-electron chi connectivity index (χ1n) is 4.84. The van der Waals surface area contributed by atoms with Crippen molar-refractivity contribution in [1.82, 2.24) is 5.16 Å². The van der Waals surface area contributed by atoms with E-state index in [1.54, 1.807) is 6.20 Å². The fraction of sp³-hybridized carbons (Fsp3) is 0. The van der Waals surface area contributed by atoms with Crippen LogP contribution in [0.1, 0.15) is 0 Å². The molecule has 0 atom stereocenters. The number of hydrogen-bond acceptors (Lipinski definition) is 2. The van der Waals surface area contributed by atoms with Crippen molar-refractivity contribution in [2.24, 2.45) is 0 Å². The van der Waals surface area contributed by atoms with Gasteiger partial charge in [-0.2, -0.15) is 0 Å². The maximum atomic E-state index is 5.18. The van der Waals surface area contributed by atoms with Crippen LogP contribution in [0.25, 0.3) is 22.1 Å². The van der Waals surface area contributed by atoms with Gasteiger partial charge in [-0.05, 0) is 10.8 Å². The van der Waals surface area contributed by atoms with Crippen molar-refractivity contribution in [2.45, 2.75) is 0 Å². The number of fused-ring (bicyclic) bond motifs is 1. The van der Waals surface area contributed by atoms with Crippen LogP contribution in [-0.2, 0) is 0 Å². The molecule has 0 aliphatic heterocycles. The molecular weight excluding hydrogens is 186 g/mol. The summed E-state index contributed by atoms with van der Waals surface area (Å²) in [4.78, 5) is 0. The zero-order valence-corrected chi connectivity index (χ0v) is 8.05. The van der Waals surface area contributed by atoms with E-state index < -0.39 is 0 Å². The molecule has 0 saturated heterocycles. The molecule has 0 radical (unpaired) electrons. The van der Waals surface area contributed by atoms with Crippen molar-refractivity contribution in [3.05, 3.63) is 54.7 Å². The van der Waals surface area contributed by atoms with Gasteiger partial charge in [-0.1, -0.05) is 47.6 Å². The van der Waals surface area contributed by atoms with E-state index in [4.69, 9.17) is 4.52 Å². The van der Waals surface area contributed by atoms with Crippen molar-refractivity contribution in [2.75, 3.05) is 0 Å². The number of aromatic nitrogens is 1. The van der Waals surface area contributed by atoms with Gasteiger partial charge in [0.2, 0.25) is 0 Å². The summed E-state index contributed by atoms with van der Waals surface area (Å²) in [5.74, 6) is 0.812. The predicted molar refractivity (Wildman–Crippen MR) is 59.4 cm³/mol. The number of hydrogen-bond donors (Lipinski definition) is 0. The highest BCUT2D eigenvalue weighted by Gasteiger charge is 2.05. The molecule has 1 aromatic heterocycles. The van der Waals surface area contributed by atoms with E-state index in [0.717, 1.165) is 11.3 Å². The van der Waals surface area contributed by atoms with Crippen LogP contribution >= 0.6 is 0 Å². The molecule has 0 bridgehead atoms. The molecule has 0 fully saturated rings. The Balaban J connectivity index is 2.36. The SMILES string of the molecule is c1ccc2c(-c3ccno3)cccc2c1. The van der Waals surface area contributed by atoms with Gasteiger partial charge in [0.05, 0.1) is 6.20 Å². The van der Waals surface area contributed by atoms with Gasteiger partial charge in [-0.15, -0.1) is 0 Å². The second-order valence-electron chi connectivity index (χ2n) is 3.40. The third-order valence-electron chi connectivity index (χ3n) is 2.49. The molecule has 2 aromatic carbocycles. The molecule has 0 N–H and O–H groups in total.